The van der Waals surface area contributed by atoms with Crippen LogP contribution >= 0.6 is 11.5 Å². The van der Waals surface area contributed by atoms with Crippen molar-refractivity contribution < 1.29 is 9.53 Å². The SMILES string of the molecule is COC(=O)c1cc(-c2nc(-c3cccc(C)c3)ns2)n(-c2ccccc2C)n1. The van der Waals surface area contributed by atoms with E-state index in [2.05, 4.69) is 9.47 Å². The van der Waals surface area contributed by atoms with Crippen LogP contribution in [-0.2, 0) is 4.74 Å². The Morgan fingerprint density at radius 2 is 1.89 bits per heavy atom. The predicted molar refractivity (Wildman–Crippen MR) is 109 cm³/mol. The van der Waals surface area contributed by atoms with Crippen LogP contribution in [0.2, 0.25) is 0 Å². The summed E-state index contributed by atoms with van der Waals surface area (Å²) in [5.74, 6) is 0.165. The molecule has 0 aliphatic heterocycles. The topological polar surface area (TPSA) is 69.9 Å². The monoisotopic (exact) mass is 390 g/mol. The van der Waals surface area contributed by atoms with Crippen LogP contribution < -0.4 is 0 Å². The number of methoxy groups -OCH3 is 1. The maximum Gasteiger partial charge on any atom is 0.358 e. The van der Waals surface area contributed by atoms with Crippen molar-refractivity contribution in [1.29, 1.82) is 0 Å². The average molecular weight is 390 g/mol. The molecule has 0 radical (unpaired) electrons. The number of esters is 1. The smallest absolute Gasteiger partial charge is 0.358 e. The number of para-hydroxylation sites is 1. The van der Waals surface area contributed by atoms with Gasteiger partial charge in [-0.05, 0) is 43.1 Å². The minimum atomic E-state index is -0.489. The lowest BCUT2D eigenvalue weighted by molar-refractivity contribution is 0.0593. The summed E-state index contributed by atoms with van der Waals surface area (Å²) in [4.78, 5) is 16.8. The van der Waals surface area contributed by atoms with Crippen molar-refractivity contribution in [3.05, 3.63) is 71.4 Å². The first-order valence-electron chi connectivity index (χ1n) is 8.72. The van der Waals surface area contributed by atoms with E-state index in [0.29, 0.717) is 16.5 Å². The molecule has 2 aromatic carbocycles. The maximum atomic E-state index is 12.1. The highest BCUT2D eigenvalue weighted by atomic mass is 32.1. The Bertz CT molecular complexity index is 1160. The van der Waals surface area contributed by atoms with Gasteiger partial charge >= 0.3 is 5.97 Å². The number of nitrogens with zero attached hydrogens (tertiary/aromatic N) is 4. The Labute approximate surface area is 166 Å². The third-order valence-electron chi connectivity index (χ3n) is 4.37. The molecule has 6 nitrogen and oxygen atoms in total. The Morgan fingerprint density at radius 3 is 2.64 bits per heavy atom. The number of benzene rings is 2. The Hall–Kier alpha value is -3.32. The second-order valence-corrected chi connectivity index (χ2v) is 7.15. The van der Waals surface area contributed by atoms with Gasteiger partial charge < -0.3 is 4.74 Å². The van der Waals surface area contributed by atoms with E-state index >= 15 is 0 Å². The third-order valence-corrected chi connectivity index (χ3v) is 5.11. The minimum absolute atomic E-state index is 0.230. The maximum absolute atomic E-state index is 12.1. The van der Waals surface area contributed by atoms with Crippen LogP contribution in [0.3, 0.4) is 0 Å². The van der Waals surface area contributed by atoms with Gasteiger partial charge in [0.05, 0.1) is 12.8 Å². The van der Waals surface area contributed by atoms with Crippen molar-refractivity contribution in [3.63, 3.8) is 0 Å². The fraction of sp³-hybridized carbons (Fsp3) is 0.143. The van der Waals surface area contributed by atoms with Gasteiger partial charge in [-0.25, -0.2) is 14.5 Å². The van der Waals surface area contributed by atoms with E-state index in [1.807, 2.05) is 62.4 Å². The van der Waals surface area contributed by atoms with Gasteiger partial charge in [0.25, 0.3) is 0 Å². The third kappa shape index (κ3) is 3.32. The zero-order chi connectivity index (χ0) is 19.7. The Morgan fingerprint density at radius 1 is 1.07 bits per heavy atom. The largest absolute Gasteiger partial charge is 0.464 e. The van der Waals surface area contributed by atoms with Crippen LogP contribution in [0, 0.1) is 13.8 Å². The van der Waals surface area contributed by atoms with E-state index in [-0.39, 0.29) is 5.69 Å². The van der Waals surface area contributed by atoms with Crippen molar-refractivity contribution in [1.82, 2.24) is 19.1 Å². The highest BCUT2D eigenvalue weighted by Gasteiger charge is 2.21. The molecule has 0 bridgehead atoms. The molecule has 0 fully saturated rings. The molecule has 2 aromatic heterocycles. The van der Waals surface area contributed by atoms with Gasteiger partial charge in [-0.1, -0.05) is 42.0 Å². The van der Waals surface area contributed by atoms with Crippen LogP contribution in [0.5, 0.6) is 0 Å². The lowest BCUT2D eigenvalue weighted by Gasteiger charge is -2.08. The van der Waals surface area contributed by atoms with Crippen LogP contribution in [0.1, 0.15) is 21.6 Å². The van der Waals surface area contributed by atoms with E-state index in [0.717, 1.165) is 22.4 Å². The number of hydrogen-bond acceptors (Lipinski definition) is 6. The summed E-state index contributed by atoms with van der Waals surface area (Å²) in [5.41, 5.74) is 4.94. The van der Waals surface area contributed by atoms with Crippen molar-refractivity contribution in [2.24, 2.45) is 0 Å². The van der Waals surface area contributed by atoms with Gasteiger partial charge in [0.15, 0.2) is 16.5 Å². The number of aromatic nitrogens is 4. The van der Waals surface area contributed by atoms with Crippen LogP contribution in [0.25, 0.3) is 27.8 Å². The van der Waals surface area contributed by atoms with E-state index in [4.69, 9.17) is 9.72 Å². The molecule has 0 aliphatic carbocycles. The molecular weight excluding hydrogens is 372 g/mol. The van der Waals surface area contributed by atoms with Gasteiger partial charge in [0, 0.05) is 11.6 Å². The van der Waals surface area contributed by atoms with Gasteiger partial charge in [0.1, 0.15) is 5.69 Å². The van der Waals surface area contributed by atoms with Crippen molar-refractivity contribution in [2.75, 3.05) is 7.11 Å². The number of ether oxygens (including phenoxy) is 1. The molecule has 0 unspecified atom stereocenters. The van der Waals surface area contributed by atoms with E-state index in [1.54, 1.807) is 10.7 Å². The molecule has 140 valence electrons. The van der Waals surface area contributed by atoms with E-state index < -0.39 is 5.97 Å². The number of aryl methyl sites for hydroxylation is 2. The minimum Gasteiger partial charge on any atom is -0.464 e. The zero-order valence-electron chi connectivity index (χ0n) is 15.7. The van der Waals surface area contributed by atoms with Crippen molar-refractivity contribution >= 4 is 17.5 Å². The first-order valence-corrected chi connectivity index (χ1v) is 9.49. The van der Waals surface area contributed by atoms with Gasteiger partial charge in [-0.3, -0.25) is 0 Å². The molecule has 28 heavy (non-hydrogen) atoms. The molecule has 7 heteroatoms. The predicted octanol–water partition coefficient (Wildman–Crippen LogP) is 4.46. The normalized spacial score (nSPS) is 10.8. The summed E-state index contributed by atoms with van der Waals surface area (Å²) in [6, 6.07) is 17.6. The lowest BCUT2D eigenvalue weighted by Crippen LogP contribution is -2.05. The number of hydrogen-bond donors (Lipinski definition) is 0. The zero-order valence-corrected chi connectivity index (χ0v) is 16.5. The lowest BCUT2D eigenvalue weighted by atomic mass is 10.1. The molecule has 4 aromatic rings. The van der Waals surface area contributed by atoms with Crippen LogP contribution in [0.15, 0.2) is 54.6 Å². The second-order valence-electron chi connectivity index (χ2n) is 6.40. The number of carbonyl (C=O) groups excluding carboxylic acids is 1. The summed E-state index contributed by atoms with van der Waals surface area (Å²) in [6.07, 6.45) is 0. The number of rotatable bonds is 4. The van der Waals surface area contributed by atoms with Gasteiger partial charge in [0.2, 0.25) is 0 Å². The van der Waals surface area contributed by atoms with Crippen LogP contribution in [0.4, 0.5) is 0 Å². The highest BCUT2D eigenvalue weighted by Crippen LogP contribution is 2.30. The Balaban J connectivity index is 1.84. The summed E-state index contributed by atoms with van der Waals surface area (Å²) in [6.45, 7) is 4.03. The number of carbonyl (C=O) groups is 1. The average Bonchev–Trinajstić information content (AvgIpc) is 3.35. The fourth-order valence-electron chi connectivity index (χ4n) is 2.95. The highest BCUT2D eigenvalue weighted by molar-refractivity contribution is 7.09. The molecule has 0 N–H and O–H groups in total. The molecular formula is C21H18N4O2S. The molecule has 2 heterocycles. The molecule has 0 saturated heterocycles. The molecule has 4 rings (SSSR count). The first kappa shape index (κ1) is 18.1. The summed E-state index contributed by atoms with van der Waals surface area (Å²) in [5, 5.41) is 5.15. The molecule has 0 atom stereocenters. The van der Waals surface area contributed by atoms with Crippen molar-refractivity contribution in [3.8, 4) is 27.8 Å². The summed E-state index contributed by atoms with van der Waals surface area (Å²) < 4.78 is 11.1. The second kappa shape index (κ2) is 7.36. The summed E-state index contributed by atoms with van der Waals surface area (Å²) in [7, 11) is 1.34. The van der Waals surface area contributed by atoms with Gasteiger partial charge in [-0.2, -0.15) is 9.47 Å². The summed E-state index contributed by atoms with van der Waals surface area (Å²) >= 11 is 1.28. The van der Waals surface area contributed by atoms with Crippen LogP contribution in [-0.4, -0.2) is 32.2 Å². The van der Waals surface area contributed by atoms with Crippen molar-refractivity contribution in [2.45, 2.75) is 13.8 Å². The van der Waals surface area contributed by atoms with E-state index in [9.17, 15) is 4.79 Å². The molecule has 0 spiro atoms. The van der Waals surface area contributed by atoms with E-state index in [1.165, 1.54) is 18.6 Å². The molecule has 0 saturated carbocycles. The molecule has 0 amide bonds. The van der Waals surface area contributed by atoms with Gasteiger partial charge in [-0.15, -0.1) is 0 Å². The fourth-order valence-corrected chi connectivity index (χ4v) is 3.64. The first-order chi connectivity index (χ1) is 13.6. The molecule has 0 aliphatic rings. The Kier molecular flexibility index (Phi) is 4.75. The standard InChI is InChI=1S/C21H18N4O2S/c1-13-7-6-9-15(11-13)19-22-20(28-24-19)18-12-16(21(26)27-3)23-25(18)17-10-5-4-8-14(17)2/h4-12H,1-3H3. The quantitative estimate of drug-likeness (QED) is 0.481.